The van der Waals surface area contributed by atoms with E-state index in [1.807, 2.05) is 38.1 Å². The van der Waals surface area contributed by atoms with Gasteiger partial charge >= 0.3 is 0 Å². The van der Waals surface area contributed by atoms with Gasteiger partial charge in [-0.2, -0.15) is 0 Å². The fourth-order valence-corrected chi connectivity index (χ4v) is 1.94. The van der Waals surface area contributed by atoms with Gasteiger partial charge in [0.15, 0.2) is 5.78 Å². The molecule has 0 saturated carbocycles. The van der Waals surface area contributed by atoms with E-state index in [-0.39, 0.29) is 17.8 Å². The highest BCUT2D eigenvalue weighted by Crippen LogP contribution is 2.14. The lowest BCUT2D eigenvalue weighted by molar-refractivity contribution is -0.130. The van der Waals surface area contributed by atoms with Crippen molar-refractivity contribution in [2.24, 2.45) is 5.92 Å². The summed E-state index contributed by atoms with van der Waals surface area (Å²) in [5.74, 6) is 0.354. The van der Waals surface area contributed by atoms with Crippen molar-refractivity contribution in [2.45, 2.75) is 26.4 Å². The first-order valence-electron chi connectivity index (χ1n) is 5.34. The first kappa shape index (κ1) is 13.4. The molecule has 0 heterocycles. The largest absolute Gasteiger partial charge is 0.373 e. The molecule has 2 nitrogen and oxygen atoms in total. The molecular weight excluding hydrogens is 268 g/mol. The molecule has 1 aromatic carbocycles. The van der Waals surface area contributed by atoms with Crippen LogP contribution in [0.3, 0.4) is 0 Å². The molecule has 0 saturated heterocycles. The van der Waals surface area contributed by atoms with Gasteiger partial charge in [-0.05, 0) is 23.6 Å². The molecule has 0 N–H and O–H groups in total. The van der Waals surface area contributed by atoms with E-state index in [0.717, 1.165) is 10.0 Å². The van der Waals surface area contributed by atoms with Crippen LogP contribution < -0.4 is 0 Å². The molecule has 0 radical (unpaired) electrons. The average molecular weight is 285 g/mol. The number of carbonyl (C=O) groups is 1. The van der Waals surface area contributed by atoms with Gasteiger partial charge in [0, 0.05) is 18.0 Å². The fraction of sp³-hybridized carbons (Fsp3) is 0.462. The number of hydrogen-bond acceptors (Lipinski definition) is 2. The molecule has 0 spiro atoms. The number of halogens is 1. The van der Waals surface area contributed by atoms with Crippen molar-refractivity contribution in [1.29, 1.82) is 0 Å². The second kappa shape index (κ2) is 6.16. The molecule has 0 aromatic heterocycles. The number of hydrogen-bond donors (Lipinski definition) is 0. The van der Waals surface area contributed by atoms with Crippen LogP contribution in [-0.2, 0) is 16.0 Å². The molecule has 3 heteroatoms. The number of carbonyl (C=O) groups excluding carboxylic acids is 1. The van der Waals surface area contributed by atoms with Crippen LogP contribution in [-0.4, -0.2) is 19.0 Å². The van der Waals surface area contributed by atoms with E-state index in [4.69, 9.17) is 4.74 Å². The van der Waals surface area contributed by atoms with Crippen LogP contribution in [0, 0.1) is 5.92 Å². The number of methoxy groups -OCH3 is 1. The van der Waals surface area contributed by atoms with E-state index in [1.165, 1.54) is 0 Å². The van der Waals surface area contributed by atoms with Crippen LogP contribution in [0.1, 0.15) is 19.4 Å². The molecule has 88 valence electrons. The minimum atomic E-state index is -0.302. The van der Waals surface area contributed by atoms with Crippen LogP contribution in [0.25, 0.3) is 0 Å². The zero-order chi connectivity index (χ0) is 12.1. The third-order valence-electron chi connectivity index (χ3n) is 2.47. The Morgan fingerprint density at radius 1 is 1.31 bits per heavy atom. The van der Waals surface area contributed by atoms with Crippen molar-refractivity contribution in [3.8, 4) is 0 Å². The second-order valence-corrected chi connectivity index (χ2v) is 5.09. The summed E-state index contributed by atoms with van der Waals surface area (Å²) < 4.78 is 6.23. The molecule has 0 fully saturated rings. The predicted octanol–water partition coefficient (Wildman–Crippen LogP) is 3.23. The van der Waals surface area contributed by atoms with Crippen molar-refractivity contribution in [2.75, 3.05) is 7.11 Å². The van der Waals surface area contributed by atoms with Gasteiger partial charge in [-0.25, -0.2) is 0 Å². The number of Topliss-reactive ketones (excluding diaryl/α,β-unsaturated/α-hetero) is 1. The third kappa shape index (κ3) is 3.72. The third-order valence-corrected chi connectivity index (χ3v) is 3.00. The van der Waals surface area contributed by atoms with Crippen molar-refractivity contribution in [3.05, 3.63) is 34.3 Å². The first-order valence-corrected chi connectivity index (χ1v) is 6.14. The maximum atomic E-state index is 11.9. The monoisotopic (exact) mass is 284 g/mol. The Kier molecular flexibility index (Phi) is 5.16. The van der Waals surface area contributed by atoms with Gasteiger partial charge in [0.1, 0.15) is 6.10 Å². The molecule has 0 amide bonds. The number of ketones is 1. The van der Waals surface area contributed by atoms with Gasteiger partial charge in [0.05, 0.1) is 0 Å². The molecule has 0 aliphatic carbocycles. The maximum Gasteiger partial charge on any atom is 0.166 e. The lowest BCUT2D eigenvalue weighted by Gasteiger charge is -2.17. The Hall–Kier alpha value is -0.670. The van der Waals surface area contributed by atoms with E-state index in [9.17, 15) is 4.79 Å². The van der Waals surface area contributed by atoms with E-state index in [1.54, 1.807) is 7.11 Å². The summed E-state index contributed by atoms with van der Waals surface area (Å²) in [6.45, 7) is 3.99. The van der Waals surface area contributed by atoms with Gasteiger partial charge in [0.25, 0.3) is 0 Å². The Labute approximate surface area is 105 Å². The van der Waals surface area contributed by atoms with Gasteiger partial charge in [-0.3, -0.25) is 4.79 Å². The maximum absolute atomic E-state index is 11.9. The van der Waals surface area contributed by atoms with Crippen LogP contribution >= 0.6 is 15.9 Å². The normalized spacial score (nSPS) is 12.8. The summed E-state index contributed by atoms with van der Waals surface area (Å²) >= 11 is 3.37. The topological polar surface area (TPSA) is 26.3 Å². The minimum Gasteiger partial charge on any atom is -0.373 e. The van der Waals surface area contributed by atoms with E-state index < -0.39 is 0 Å². The Balaban J connectivity index is 2.66. The average Bonchev–Trinajstić information content (AvgIpc) is 2.22. The lowest BCUT2D eigenvalue weighted by atomic mass is 9.98. The van der Waals surface area contributed by atoms with Gasteiger partial charge in [-0.15, -0.1) is 0 Å². The summed E-state index contributed by atoms with van der Waals surface area (Å²) in [5, 5.41) is 0. The van der Waals surface area contributed by atoms with E-state index in [2.05, 4.69) is 15.9 Å². The number of rotatable bonds is 5. The predicted molar refractivity (Wildman–Crippen MR) is 68.5 cm³/mol. The molecule has 1 atom stereocenters. The van der Waals surface area contributed by atoms with Crippen LogP contribution in [0.5, 0.6) is 0 Å². The summed E-state index contributed by atoms with van der Waals surface area (Å²) in [4.78, 5) is 11.9. The molecule has 1 aromatic rings. The second-order valence-electron chi connectivity index (χ2n) is 4.17. The summed E-state index contributed by atoms with van der Waals surface area (Å²) in [6.07, 6.45) is 0.132. The number of ether oxygens (including phenoxy) is 1. The van der Waals surface area contributed by atoms with Gasteiger partial charge < -0.3 is 4.74 Å². The van der Waals surface area contributed by atoms with Crippen molar-refractivity contribution >= 4 is 21.7 Å². The van der Waals surface area contributed by atoms with E-state index in [0.29, 0.717) is 6.42 Å². The molecule has 1 unspecified atom stereocenters. The van der Waals surface area contributed by atoms with Crippen molar-refractivity contribution in [3.63, 3.8) is 0 Å². The quantitative estimate of drug-likeness (QED) is 0.830. The highest BCUT2D eigenvalue weighted by atomic mass is 79.9. The fourth-order valence-electron chi connectivity index (χ4n) is 1.68. The summed E-state index contributed by atoms with van der Waals surface area (Å²) in [7, 11) is 1.59. The lowest BCUT2D eigenvalue weighted by Crippen LogP contribution is -2.29. The molecule has 0 aliphatic heterocycles. The van der Waals surface area contributed by atoms with Crippen molar-refractivity contribution in [1.82, 2.24) is 0 Å². The highest BCUT2D eigenvalue weighted by Gasteiger charge is 2.21. The number of benzene rings is 1. The van der Waals surface area contributed by atoms with Crippen LogP contribution in [0.15, 0.2) is 28.7 Å². The van der Waals surface area contributed by atoms with E-state index >= 15 is 0 Å². The van der Waals surface area contributed by atoms with Crippen LogP contribution in [0.2, 0.25) is 0 Å². The zero-order valence-electron chi connectivity index (χ0n) is 9.87. The summed E-state index contributed by atoms with van der Waals surface area (Å²) in [5.41, 5.74) is 1.02. The van der Waals surface area contributed by atoms with Gasteiger partial charge in [-0.1, -0.05) is 41.9 Å². The minimum absolute atomic E-state index is 0.139. The Bertz CT molecular complexity index is 343. The smallest absolute Gasteiger partial charge is 0.166 e. The first-order chi connectivity index (χ1) is 7.54. The highest BCUT2D eigenvalue weighted by molar-refractivity contribution is 9.10. The molecule has 16 heavy (non-hydrogen) atoms. The van der Waals surface area contributed by atoms with Crippen LogP contribution in [0.4, 0.5) is 0 Å². The standard InChI is InChI=1S/C13H17BrO2/c1-9(2)13(16-3)12(15)8-10-4-6-11(14)7-5-10/h4-7,9,13H,8H2,1-3H3. The Morgan fingerprint density at radius 2 is 1.88 bits per heavy atom. The Morgan fingerprint density at radius 3 is 2.31 bits per heavy atom. The summed E-state index contributed by atoms with van der Waals surface area (Å²) in [6, 6.07) is 7.80. The zero-order valence-corrected chi connectivity index (χ0v) is 11.5. The SMILES string of the molecule is COC(C(=O)Cc1ccc(Br)cc1)C(C)C. The molecule has 1 rings (SSSR count). The molecule has 0 bridgehead atoms. The van der Waals surface area contributed by atoms with Gasteiger partial charge in [0.2, 0.25) is 0 Å². The molecule has 0 aliphatic rings. The van der Waals surface area contributed by atoms with Crippen molar-refractivity contribution < 1.29 is 9.53 Å². The molecular formula is C13H17BrO2.